The molecule has 0 spiro atoms. The molecule has 2 saturated heterocycles. The molecule has 0 saturated carbocycles. The molecule has 1 unspecified atom stereocenters. The first-order chi connectivity index (χ1) is 15.6. The number of imide groups is 2. The number of hydrogen-bond donors (Lipinski definition) is 3. The highest BCUT2D eigenvalue weighted by molar-refractivity contribution is 6.25. The molecule has 172 valence electrons. The lowest BCUT2D eigenvalue weighted by atomic mass is 10.0. The van der Waals surface area contributed by atoms with Gasteiger partial charge in [-0.05, 0) is 63.7 Å². The number of fused-ring (bicyclic) bond motifs is 1. The molecule has 3 N–H and O–H groups in total. The SMILES string of the molecule is O=C1CCC(N2C(=O)c3cccc(NCCCCCOC4CCNCC4)c3C2=O)C(=O)N1. The number of rotatable bonds is 9. The summed E-state index contributed by atoms with van der Waals surface area (Å²) in [7, 11) is 0. The third kappa shape index (κ3) is 4.83. The molecule has 4 amide bonds. The van der Waals surface area contributed by atoms with Crippen molar-refractivity contribution in [2.75, 3.05) is 31.6 Å². The number of anilines is 1. The van der Waals surface area contributed by atoms with E-state index in [0.29, 0.717) is 29.5 Å². The second kappa shape index (κ2) is 10.2. The Morgan fingerprint density at radius 1 is 1.00 bits per heavy atom. The van der Waals surface area contributed by atoms with Crippen molar-refractivity contribution in [3.05, 3.63) is 29.3 Å². The summed E-state index contributed by atoms with van der Waals surface area (Å²) in [6.45, 7) is 3.49. The molecule has 3 heterocycles. The van der Waals surface area contributed by atoms with Crippen LogP contribution >= 0.6 is 0 Å². The summed E-state index contributed by atoms with van der Waals surface area (Å²) in [6, 6.07) is 4.16. The molecule has 0 aliphatic carbocycles. The van der Waals surface area contributed by atoms with E-state index in [1.807, 2.05) is 0 Å². The fourth-order valence-corrected chi connectivity index (χ4v) is 4.50. The highest BCUT2D eigenvalue weighted by Gasteiger charge is 2.45. The molecule has 9 nitrogen and oxygen atoms in total. The standard InChI is InChI=1S/C23H30N4O5/c28-19-8-7-18(21(29)26-19)27-22(30)16-5-4-6-17(20(16)23(27)31)25-11-2-1-3-14-32-15-9-12-24-13-10-15/h4-6,15,18,24-25H,1-3,7-14H2,(H,26,28,29). The fraction of sp³-hybridized carbons (Fsp3) is 0.565. The van der Waals surface area contributed by atoms with E-state index >= 15 is 0 Å². The maximum Gasteiger partial charge on any atom is 0.264 e. The minimum absolute atomic E-state index is 0.107. The van der Waals surface area contributed by atoms with Crippen LogP contribution in [0.15, 0.2) is 18.2 Å². The topological polar surface area (TPSA) is 117 Å². The first kappa shape index (κ1) is 22.4. The molecule has 9 heteroatoms. The summed E-state index contributed by atoms with van der Waals surface area (Å²) in [6.07, 6.45) is 5.68. The van der Waals surface area contributed by atoms with Crippen LogP contribution in [-0.2, 0) is 14.3 Å². The summed E-state index contributed by atoms with van der Waals surface area (Å²) in [4.78, 5) is 50.5. The number of carbonyl (C=O) groups is 4. The number of carbonyl (C=O) groups excluding carboxylic acids is 4. The first-order valence-corrected chi connectivity index (χ1v) is 11.5. The Labute approximate surface area is 187 Å². The zero-order chi connectivity index (χ0) is 22.5. The second-order valence-electron chi connectivity index (χ2n) is 8.48. The minimum Gasteiger partial charge on any atom is -0.384 e. The van der Waals surface area contributed by atoms with E-state index in [-0.39, 0.29) is 18.7 Å². The largest absolute Gasteiger partial charge is 0.384 e. The van der Waals surface area contributed by atoms with Gasteiger partial charge in [0.1, 0.15) is 6.04 Å². The van der Waals surface area contributed by atoms with Crippen molar-refractivity contribution in [3.63, 3.8) is 0 Å². The zero-order valence-corrected chi connectivity index (χ0v) is 18.2. The first-order valence-electron chi connectivity index (χ1n) is 11.5. The third-order valence-corrected chi connectivity index (χ3v) is 6.24. The molecule has 1 aromatic carbocycles. The van der Waals surface area contributed by atoms with Gasteiger partial charge >= 0.3 is 0 Å². The van der Waals surface area contributed by atoms with Gasteiger partial charge in [0, 0.05) is 25.3 Å². The Balaban J connectivity index is 1.28. The van der Waals surface area contributed by atoms with Crippen molar-refractivity contribution in [2.24, 2.45) is 0 Å². The van der Waals surface area contributed by atoms with Crippen LogP contribution in [0.25, 0.3) is 0 Å². The van der Waals surface area contributed by atoms with Crippen molar-refractivity contribution in [1.29, 1.82) is 0 Å². The summed E-state index contributed by atoms with van der Waals surface area (Å²) >= 11 is 0. The zero-order valence-electron chi connectivity index (χ0n) is 18.2. The van der Waals surface area contributed by atoms with Crippen LogP contribution in [0.5, 0.6) is 0 Å². The lowest BCUT2D eigenvalue weighted by Gasteiger charge is -2.27. The summed E-state index contributed by atoms with van der Waals surface area (Å²) in [5.74, 6) is -1.96. The van der Waals surface area contributed by atoms with Gasteiger partial charge in [-0.25, -0.2) is 0 Å². The maximum absolute atomic E-state index is 13.1. The van der Waals surface area contributed by atoms with Gasteiger partial charge in [-0.2, -0.15) is 0 Å². The molecule has 0 aromatic heterocycles. The highest BCUT2D eigenvalue weighted by Crippen LogP contribution is 2.32. The Morgan fingerprint density at radius 3 is 2.59 bits per heavy atom. The van der Waals surface area contributed by atoms with Gasteiger partial charge in [0.2, 0.25) is 11.8 Å². The fourth-order valence-electron chi connectivity index (χ4n) is 4.50. The summed E-state index contributed by atoms with van der Waals surface area (Å²) < 4.78 is 5.92. The van der Waals surface area contributed by atoms with Crippen molar-refractivity contribution in [1.82, 2.24) is 15.5 Å². The highest BCUT2D eigenvalue weighted by atomic mass is 16.5. The van der Waals surface area contributed by atoms with E-state index in [2.05, 4.69) is 16.0 Å². The number of unbranched alkanes of at least 4 members (excludes halogenated alkanes) is 2. The molecule has 1 atom stereocenters. The number of ether oxygens (including phenoxy) is 1. The van der Waals surface area contributed by atoms with Gasteiger partial charge in [-0.1, -0.05) is 6.07 Å². The molecule has 3 aliphatic rings. The van der Waals surface area contributed by atoms with Gasteiger partial charge < -0.3 is 15.4 Å². The number of amides is 4. The van der Waals surface area contributed by atoms with E-state index in [4.69, 9.17) is 4.74 Å². The van der Waals surface area contributed by atoms with Crippen LogP contribution in [0.1, 0.15) is 65.7 Å². The molecule has 1 aromatic rings. The second-order valence-corrected chi connectivity index (χ2v) is 8.48. The van der Waals surface area contributed by atoms with Gasteiger partial charge in [-0.3, -0.25) is 29.4 Å². The van der Waals surface area contributed by atoms with Crippen LogP contribution < -0.4 is 16.0 Å². The van der Waals surface area contributed by atoms with Crippen LogP contribution in [-0.4, -0.2) is 66.9 Å². The van der Waals surface area contributed by atoms with Gasteiger partial charge in [0.05, 0.1) is 17.2 Å². The van der Waals surface area contributed by atoms with Crippen LogP contribution in [0.2, 0.25) is 0 Å². The van der Waals surface area contributed by atoms with E-state index in [1.165, 1.54) is 0 Å². The quantitative estimate of drug-likeness (QED) is 0.391. The molecule has 4 rings (SSSR count). The lowest BCUT2D eigenvalue weighted by Crippen LogP contribution is -2.54. The van der Waals surface area contributed by atoms with Crippen molar-refractivity contribution in [3.8, 4) is 0 Å². The van der Waals surface area contributed by atoms with E-state index in [9.17, 15) is 19.2 Å². The molecule has 2 fully saturated rings. The Bertz CT molecular complexity index is 896. The molecule has 0 radical (unpaired) electrons. The summed E-state index contributed by atoms with van der Waals surface area (Å²) in [5, 5.41) is 8.82. The van der Waals surface area contributed by atoms with Gasteiger partial charge in [-0.15, -0.1) is 0 Å². The van der Waals surface area contributed by atoms with Gasteiger partial charge in [0.15, 0.2) is 0 Å². The monoisotopic (exact) mass is 442 g/mol. The molecular weight excluding hydrogens is 412 g/mol. The average Bonchev–Trinajstić information content (AvgIpc) is 3.05. The van der Waals surface area contributed by atoms with E-state index in [0.717, 1.165) is 56.7 Å². The number of piperidine rings is 2. The predicted molar refractivity (Wildman–Crippen MR) is 117 cm³/mol. The summed E-state index contributed by atoms with van der Waals surface area (Å²) in [5.41, 5.74) is 1.19. The number of benzene rings is 1. The predicted octanol–water partition coefficient (Wildman–Crippen LogP) is 1.44. The Hall–Kier alpha value is -2.78. The van der Waals surface area contributed by atoms with Crippen molar-refractivity contribution >= 4 is 29.3 Å². The third-order valence-electron chi connectivity index (χ3n) is 6.24. The molecular formula is C23H30N4O5. The van der Waals surface area contributed by atoms with Gasteiger partial charge in [0.25, 0.3) is 11.8 Å². The minimum atomic E-state index is -0.951. The van der Waals surface area contributed by atoms with Crippen LogP contribution in [0.3, 0.4) is 0 Å². The Kier molecular flexibility index (Phi) is 7.16. The lowest BCUT2D eigenvalue weighted by molar-refractivity contribution is -0.136. The normalized spacial score (nSPS) is 21.6. The molecule has 32 heavy (non-hydrogen) atoms. The van der Waals surface area contributed by atoms with Crippen LogP contribution in [0, 0.1) is 0 Å². The van der Waals surface area contributed by atoms with Crippen LogP contribution in [0.4, 0.5) is 5.69 Å². The van der Waals surface area contributed by atoms with E-state index < -0.39 is 23.8 Å². The Morgan fingerprint density at radius 2 is 1.81 bits per heavy atom. The number of nitrogens with zero attached hydrogens (tertiary/aromatic N) is 1. The molecule has 0 bridgehead atoms. The smallest absolute Gasteiger partial charge is 0.264 e. The van der Waals surface area contributed by atoms with Crippen molar-refractivity contribution < 1.29 is 23.9 Å². The maximum atomic E-state index is 13.1. The average molecular weight is 443 g/mol. The number of hydrogen-bond acceptors (Lipinski definition) is 7. The van der Waals surface area contributed by atoms with Crippen molar-refractivity contribution in [2.45, 2.75) is 57.1 Å². The van der Waals surface area contributed by atoms with E-state index in [1.54, 1.807) is 18.2 Å². The molecule has 3 aliphatic heterocycles. The number of nitrogens with one attached hydrogen (secondary N) is 3.